The highest BCUT2D eigenvalue weighted by Crippen LogP contribution is 2.09. The van der Waals surface area contributed by atoms with Crippen LogP contribution in [-0.4, -0.2) is 6.29 Å². The van der Waals surface area contributed by atoms with Gasteiger partial charge in [-0.05, 0) is 37.6 Å². The molecule has 1 aromatic heterocycles. The van der Waals surface area contributed by atoms with Crippen molar-refractivity contribution in [1.82, 2.24) is 0 Å². The average molecular weight is 150 g/mol. The second-order valence-corrected chi connectivity index (χ2v) is 2.45. The molecule has 58 valence electrons. The summed E-state index contributed by atoms with van der Waals surface area (Å²) in [7, 11) is 0. The monoisotopic (exact) mass is 150 g/mol. The highest BCUT2D eigenvalue weighted by molar-refractivity contribution is 5.79. The zero-order valence-corrected chi connectivity index (χ0v) is 6.63. The van der Waals surface area contributed by atoms with Gasteiger partial charge in [-0.3, -0.25) is 4.79 Å². The molecule has 0 fully saturated rings. The SMILES string of the molecule is CC(C=O)=Cc1ccc(C)o1. The lowest BCUT2D eigenvalue weighted by molar-refractivity contribution is -0.104. The number of rotatable bonds is 2. The minimum atomic E-state index is 0.666. The first kappa shape index (κ1) is 7.79. The van der Waals surface area contributed by atoms with Crippen LogP contribution < -0.4 is 0 Å². The molecule has 0 amide bonds. The second kappa shape index (κ2) is 3.19. The van der Waals surface area contributed by atoms with Crippen LogP contribution in [0.1, 0.15) is 18.4 Å². The predicted octanol–water partition coefficient (Wildman–Crippen LogP) is 2.19. The molecule has 0 aliphatic carbocycles. The van der Waals surface area contributed by atoms with Gasteiger partial charge >= 0.3 is 0 Å². The zero-order valence-electron chi connectivity index (χ0n) is 6.63. The standard InChI is InChI=1S/C9H10O2/c1-7(6-10)5-9-4-3-8(2)11-9/h3-6H,1-2H3. The molecule has 0 unspecified atom stereocenters. The van der Waals surface area contributed by atoms with Gasteiger partial charge in [0, 0.05) is 0 Å². The summed E-state index contributed by atoms with van der Waals surface area (Å²) < 4.78 is 5.22. The summed E-state index contributed by atoms with van der Waals surface area (Å²) in [5, 5.41) is 0. The van der Waals surface area contributed by atoms with E-state index in [1.165, 1.54) is 0 Å². The summed E-state index contributed by atoms with van der Waals surface area (Å²) in [6, 6.07) is 3.70. The van der Waals surface area contributed by atoms with E-state index in [0.717, 1.165) is 17.8 Å². The van der Waals surface area contributed by atoms with Gasteiger partial charge in [0.15, 0.2) is 0 Å². The van der Waals surface area contributed by atoms with Crippen LogP contribution in [0.4, 0.5) is 0 Å². The highest BCUT2D eigenvalue weighted by Gasteiger charge is 1.93. The van der Waals surface area contributed by atoms with Crippen molar-refractivity contribution in [3.63, 3.8) is 0 Å². The van der Waals surface area contributed by atoms with Gasteiger partial charge in [-0.2, -0.15) is 0 Å². The van der Waals surface area contributed by atoms with Crippen molar-refractivity contribution in [2.45, 2.75) is 13.8 Å². The molecule has 1 aromatic rings. The molecule has 1 heterocycles. The van der Waals surface area contributed by atoms with Gasteiger partial charge in [0.2, 0.25) is 0 Å². The Morgan fingerprint density at radius 2 is 2.27 bits per heavy atom. The van der Waals surface area contributed by atoms with Gasteiger partial charge in [0.05, 0.1) is 0 Å². The van der Waals surface area contributed by atoms with Gasteiger partial charge in [-0.25, -0.2) is 0 Å². The van der Waals surface area contributed by atoms with Crippen molar-refractivity contribution < 1.29 is 9.21 Å². The largest absolute Gasteiger partial charge is 0.462 e. The Balaban J connectivity index is 2.86. The number of carbonyl (C=O) groups is 1. The lowest BCUT2D eigenvalue weighted by atomic mass is 10.3. The minimum Gasteiger partial charge on any atom is -0.462 e. The number of aryl methyl sites for hydroxylation is 1. The van der Waals surface area contributed by atoms with Gasteiger partial charge in [0.1, 0.15) is 17.8 Å². The van der Waals surface area contributed by atoms with Crippen molar-refractivity contribution in [3.05, 3.63) is 29.2 Å². The van der Waals surface area contributed by atoms with Crippen LogP contribution in [0.15, 0.2) is 22.1 Å². The lowest BCUT2D eigenvalue weighted by Gasteiger charge is -1.85. The van der Waals surface area contributed by atoms with E-state index < -0.39 is 0 Å². The number of carbonyl (C=O) groups excluding carboxylic acids is 1. The molecule has 0 spiro atoms. The molecular formula is C9H10O2. The molecule has 0 N–H and O–H groups in total. The summed E-state index contributed by atoms with van der Waals surface area (Å²) in [5.41, 5.74) is 0.666. The minimum absolute atomic E-state index is 0.666. The Bertz CT molecular complexity index is 282. The average Bonchev–Trinajstić information content (AvgIpc) is 2.35. The summed E-state index contributed by atoms with van der Waals surface area (Å²) in [5.74, 6) is 1.59. The molecule has 2 nitrogen and oxygen atoms in total. The van der Waals surface area contributed by atoms with E-state index in [9.17, 15) is 4.79 Å². The van der Waals surface area contributed by atoms with Crippen molar-refractivity contribution in [1.29, 1.82) is 0 Å². The van der Waals surface area contributed by atoms with Crippen LogP contribution >= 0.6 is 0 Å². The number of allylic oxidation sites excluding steroid dienone is 1. The molecule has 1 rings (SSSR count). The maximum atomic E-state index is 10.2. The number of furan rings is 1. The Kier molecular flexibility index (Phi) is 2.26. The normalized spacial score (nSPS) is 11.6. The molecule has 0 saturated heterocycles. The van der Waals surface area contributed by atoms with E-state index in [0.29, 0.717) is 5.57 Å². The third-order valence-corrected chi connectivity index (χ3v) is 1.32. The number of aldehydes is 1. The van der Waals surface area contributed by atoms with Gasteiger partial charge in [-0.1, -0.05) is 0 Å². The molecule has 2 heteroatoms. The fraction of sp³-hybridized carbons (Fsp3) is 0.222. The van der Waals surface area contributed by atoms with Crippen molar-refractivity contribution >= 4 is 12.4 Å². The molecule has 0 bridgehead atoms. The Morgan fingerprint density at radius 3 is 2.73 bits per heavy atom. The van der Waals surface area contributed by atoms with E-state index in [2.05, 4.69) is 0 Å². The van der Waals surface area contributed by atoms with Gasteiger partial charge < -0.3 is 4.42 Å². The summed E-state index contributed by atoms with van der Waals surface area (Å²) in [6.45, 7) is 3.61. The smallest absolute Gasteiger partial charge is 0.145 e. The quantitative estimate of drug-likeness (QED) is 0.478. The maximum Gasteiger partial charge on any atom is 0.145 e. The molecule has 11 heavy (non-hydrogen) atoms. The summed E-state index contributed by atoms with van der Waals surface area (Å²) in [4.78, 5) is 10.2. The third kappa shape index (κ3) is 2.08. The first-order valence-corrected chi connectivity index (χ1v) is 3.42. The van der Waals surface area contributed by atoms with Crippen LogP contribution in [0.25, 0.3) is 6.08 Å². The Labute approximate surface area is 65.5 Å². The first-order chi connectivity index (χ1) is 5.22. The van der Waals surface area contributed by atoms with Crippen molar-refractivity contribution in [2.75, 3.05) is 0 Å². The third-order valence-electron chi connectivity index (χ3n) is 1.32. The topological polar surface area (TPSA) is 30.2 Å². The molecule has 0 radical (unpaired) electrons. The number of hydrogen-bond acceptors (Lipinski definition) is 2. The number of hydrogen-bond donors (Lipinski definition) is 0. The predicted molar refractivity (Wildman–Crippen MR) is 43.2 cm³/mol. The summed E-state index contributed by atoms with van der Waals surface area (Å²) in [6.07, 6.45) is 2.51. The van der Waals surface area contributed by atoms with E-state index in [-0.39, 0.29) is 0 Å². The molecule has 0 aliphatic heterocycles. The van der Waals surface area contributed by atoms with Crippen LogP contribution in [0, 0.1) is 6.92 Å². The fourth-order valence-electron chi connectivity index (χ4n) is 0.789. The van der Waals surface area contributed by atoms with Crippen LogP contribution in [0.3, 0.4) is 0 Å². The highest BCUT2D eigenvalue weighted by atomic mass is 16.3. The first-order valence-electron chi connectivity index (χ1n) is 3.42. The molecule has 0 atom stereocenters. The Hall–Kier alpha value is -1.31. The van der Waals surface area contributed by atoms with E-state index in [4.69, 9.17) is 4.42 Å². The van der Waals surface area contributed by atoms with Crippen LogP contribution in [0.5, 0.6) is 0 Å². The lowest BCUT2D eigenvalue weighted by Crippen LogP contribution is -1.73. The second-order valence-electron chi connectivity index (χ2n) is 2.45. The van der Waals surface area contributed by atoms with Crippen LogP contribution in [0.2, 0.25) is 0 Å². The Morgan fingerprint density at radius 1 is 1.55 bits per heavy atom. The fourth-order valence-corrected chi connectivity index (χ4v) is 0.789. The van der Waals surface area contributed by atoms with E-state index in [1.54, 1.807) is 13.0 Å². The summed E-state index contributed by atoms with van der Waals surface area (Å²) >= 11 is 0. The van der Waals surface area contributed by atoms with E-state index in [1.807, 2.05) is 19.1 Å². The molecule has 0 aliphatic rings. The van der Waals surface area contributed by atoms with Crippen molar-refractivity contribution in [2.24, 2.45) is 0 Å². The molecule has 0 aromatic carbocycles. The molecule has 0 saturated carbocycles. The zero-order chi connectivity index (χ0) is 8.27. The van der Waals surface area contributed by atoms with Gasteiger partial charge in [0.25, 0.3) is 0 Å². The van der Waals surface area contributed by atoms with Crippen LogP contribution in [-0.2, 0) is 4.79 Å². The molecular weight excluding hydrogens is 140 g/mol. The van der Waals surface area contributed by atoms with Crippen molar-refractivity contribution in [3.8, 4) is 0 Å². The maximum absolute atomic E-state index is 10.2. The van der Waals surface area contributed by atoms with Gasteiger partial charge in [-0.15, -0.1) is 0 Å². The van der Waals surface area contributed by atoms with E-state index >= 15 is 0 Å².